The summed E-state index contributed by atoms with van der Waals surface area (Å²) in [4.78, 5) is 7.62. The third-order valence-corrected chi connectivity index (χ3v) is 4.38. The van der Waals surface area contributed by atoms with E-state index in [2.05, 4.69) is 15.3 Å². The number of hydrogen-bond donors (Lipinski definition) is 1. The van der Waals surface area contributed by atoms with Crippen molar-refractivity contribution in [2.75, 3.05) is 12.3 Å². The van der Waals surface area contributed by atoms with Gasteiger partial charge in [0.15, 0.2) is 14.9 Å². The first kappa shape index (κ1) is 11.5. The molecule has 0 saturated carbocycles. The molecule has 6 heteroatoms. The summed E-state index contributed by atoms with van der Waals surface area (Å²) in [5.74, 6) is 0.117. The van der Waals surface area contributed by atoms with E-state index in [4.69, 9.17) is 0 Å². The molecule has 1 N–H and O–H groups in total. The SMILES string of the molecule is O=S(=O)(C[C@H]1CCCCN1)c1cnccn1. The summed E-state index contributed by atoms with van der Waals surface area (Å²) in [7, 11) is -3.30. The van der Waals surface area contributed by atoms with Gasteiger partial charge in [0.25, 0.3) is 0 Å². The standard InChI is InChI=1S/C10H15N3O2S/c14-16(15,10-7-11-5-6-13-10)8-9-3-1-2-4-12-9/h5-7,9,12H,1-4,8H2/t9-/m1/s1. The van der Waals surface area contributed by atoms with Crippen LogP contribution in [0.15, 0.2) is 23.6 Å². The van der Waals surface area contributed by atoms with E-state index < -0.39 is 9.84 Å². The van der Waals surface area contributed by atoms with E-state index >= 15 is 0 Å². The van der Waals surface area contributed by atoms with Crippen LogP contribution in [0.2, 0.25) is 0 Å². The van der Waals surface area contributed by atoms with E-state index in [9.17, 15) is 8.42 Å². The van der Waals surface area contributed by atoms with E-state index in [0.717, 1.165) is 25.8 Å². The van der Waals surface area contributed by atoms with Crippen molar-refractivity contribution in [2.45, 2.75) is 30.3 Å². The van der Waals surface area contributed by atoms with Gasteiger partial charge in [-0.05, 0) is 19.4 Å². The highest BCUT2D eigenvalue weighted by molar-refractivity contribution is 7.91. The fourth-order valence-corrected chi connectivity index (χ4v) is 3.29. The van der Waals surface area contributed by atoms with Crippen LogP contribution < -0.4 is 5.32 Å². The number of sulfone groups is 1. The summed E-state index contributed by atoms with van der Waals surface area (Å²) >= 11 is 0. The third kappa shape index (κ3) is 2.76. The highest BCUT2D eigenvalue weighted by Crippen LogP contribution is 2.13. The molecule has 2 heterocycles. The van der Waals surface area contributed by atoms with Gasteiger partial charge < -0.3 is 5.32 Å². The van der Waals surface area contributed by atoms with Crippen molar-refractivity contribution >= 4 is 9.84 Å². The van der Waals surface area contributed by atoms with Crippen LogP contribution >= 0.6 is 0 Å². The summed E-state index contributed by atoms with van der Waals surface area (Å²) in [6.07, 6.45) is 7.31. The zero-order valence-electron chi connectivity index (χ0n) is 8.96. The van der Waals surface area contributed by atoms with E-state index in [1.165, 1.54) is 18.6 Å². The molecule has 1 atom stereocenters. The molecule has 0 aromatic carbocycles. The van der Waals surface area contributed by atoms with Crippen molar-refractivity contribution in [3.05, 3.63) is 18.6 Å². The summed E-state index contributed by atoms with van der Waals surface area (Å²) in [6, 6.07) is 0.0563. The third-order valence-electron chi connectivity index (χ3n) is 2.69. The first-order valence-corrected chi connectivity index (χ1v) is 7.06. The Kier molecular flexibility index (Phi) is 3.50. The molecule has 88 valence electrons. The van der Waals surface area contributed by atoms with Gasteiger partial charge in [0, 0.05) is 18.4 Å². The van der Waals surface area contributed by atoms with Crippen molar-refractivity contribution in [3.63, 3.8) is 0 Å². The van der Waals surface area contributed by atoms with Crippen molar-refractivity contribution in [1.82, 2.24) is 15.3 Å². The maximum Gasteiger partial charge on any atom is 0.198 e. The summed E-state index contributed by atoms with van der Waals surface area (Å²) in [5, 5.41) is 3.29. The summed E-state index contributed by atoms with van der Waals surface area (Å²) in [5.41, 5.74) is 0. The fourth-order valence-electron chi connectivity index (χ4n) is 1.86. The maximum absolute atomic E-state index is 12.0. The van der Waals surface area contributed by atoms with Gasteiger partial charge in [0.2, 0.25) is 0 Å². The lowest BCUT2D eigenvalue weighted by atomic mass is 10.1. The zero-order valence-corrected chi connectivity index (χ0v) is 9.78. The van der Waals surface area contributed by atoms with Gasteiger partial charge in [-0.1, -0.05) is 6.42 Å². The van der Waals surface area contributed by atoms with Gasteiger partial charge in [0.05, 0.1) is 11.9 Å². The Morgan fingerprint density at radius 3 is 2.88 bits per heavy atom. The molecule has 0 unspecified atom stereocenters. The maximum atomic E-state index is 12.0. The van der Waals surface area contributed by atoms with E-state index in [-0.39, 0.29) is 16.8 Å². The molecule has 0 radical (unpaired) electrons. The molecule has 1 aliphatic heterocycles. The average Bonchev–Trinajstić information content (AvgIpc) is 2.31. The molecule has 0 amide bonds. The van der Waals surface area contributed by atoms with Crippen molar-refractivity contribution < 1.29 is 8.42 Å². The number of hydrogen-bond acceptors (Lipinski definition) is 5. The van der Waals surface area contributed by atoms with Gasteiger partial charge in [-0.3, -0.25) is 4.98 Å². The van der Waals surface area contributed by atoms with E-state index in [0.29, 0.717) is 0 Å². The summed E-state index contributed by atoms with van der Waals surface area (Å²) < 4.78 is 23.9. The van der Waals surface area contributed by atoms with Crippen LogP contribution in [0.4, 0.5) is 0 Å². The molecule has 16 heavy (non-hydrogen) atoms. The van der Waals surface area contributed by atoms with Crippen LogP contribution in [0.5, 0.6) is 0 Å². The van der Waals surface area contributed by atoms with E-state index in [1.807, 2.05) is 0 Å². The highest BCUT2D eigenvalue weighted by atomic mass is 32.2. The quantitative estimate of drug-likeness (QED) is 0.829. The van der Waals surface area contributed by atoms with Gasteiger partial charge in [-0.2, -0.15) is 0 Å². The van der Waals surface area contributed by atoms with Crippen molar-refractivity contribution in [1.29, 1.82) is 0 Å². The first-order valence-electron chi connectivity index (χ1n) is 5.41. The van der Waals surface area contributed by atoms with Crippen molar-refractivity contribution in [2.24, 2.45) is 0 Å². The smallest absolute Gasteiger partial charge is 0.198 e. The highest BCUT2D eigenvalue weighted by Gasteiger charge is 2.23. The monoisotopic (exact) mass is 241 g/mol. The number of nitrogens with zero attached hydrogens (tertiary/aromatic N) is 2. The molecule has 0 spiro atoms. The molecule has 0 bridgehead atoms. The Bertz CT molecular complexity index is 427. The second-order valence-corrected chi connectivity index (χ2v) is 5.95. The minimum Gasteiger partial charge on any atom is -0.313 e. The van der Waals surface area contributed by atoms with Gasteiger partial charge >= 0.3 is 0 Å². The average molecular weight is 241 g/mol. The van der Waals surface area contributed by atoms with Crippen molar-refractivity contribution in [3.8, 4) is 0 Å². The number of aromatic nitrogens is 2. The molecule has 1 aromatic rings. The van der Waals surface area contributed by atoms with E-state index in [1.54, 1.807) is 0 Å². The van der Waals surface area contributed by atoms with Crippen LogP contribution in [0, 0.1) is 0 Å². The van der Waals surface area contributed by atoms with Crippen LogP contribution in [0.1, 0.15) is 19.3 Å². The largest absolute Gasteiger partial charge is 0.313 e. The van der Waals surface area contributed by atoms with Crippen LogP contribution in [-0.4, -0.2) is 36.7 Å². The van der Waals surface area contributed by atoms with Gasteiger partial charge in [0.1, 0.15) is 0 Å². The summed E-state index contributed by atoms with van der Waals surface area (Å²) in [6.45, 7) is 0.903. The molecular weight excluding hydrogens is 226 g/mol. The number of nitrogens with one attached hydrogen (secondary N) is 1. The first-order chi connectivity index (χ1) is 7.68. The molecule has 2 rings (SSSR count). The zero-order chi connectivity index (χ0) is 11.4. The minimum atomic E-state index is -3.30. The Hall–Kier alpha value is -1.01. The van der Waals surface area contributed by atoms with Gasteiger partial charge in [-0.25, -0.2) is 13.4 Å². The lowest BCUT2D eigenvalue weighted by Gasteiger charge is -2.22. The second kappa shape index (κ2) is 4.88. The predicted molar refractivity (Wildman–Crippen MR) is 59.7 cm³/mol. The molecule has 1 saturated heterocycles. The Morgan fingerprint density at radius 1 is 1.38 bits per heavy atom. The molecule has 1 aliphatic rings. The van der Waals surface area contributed by atoms with Crippen LogP contribution in [-0.2, 0) is 9.84 Å². The molecule has 0 aliphatic carbocycles. The predicted octanol–water partition coefficient (Wildman–Crippen LogP) is 0.392. The minimum absolute atomic E-state index is 0.0563. The molecule has 5 nitrogen and oxygen atoms in total. The number of rotatable bonds is 3. The number of piperidine rings is 1. The lowest BCUT2D eigenvalue weighted by Crippen LogP contribution is -2.39. The molecule has 1 fully saturated rings. The Balaban J connectivity index is 2.08. The van der Waals surface area contributed by atoms with Crippen LogP contribution in [0.25, 0.3) is 0 Å². The fraction of sp³-hybridized carbons (Fsp3) is 0.600. The molecular formula is C10H15N3O2S. The Labute approximate surface area is 95.2 Å². The Morgan fingerprint density at radius 2 is 2.25 bits per heavy atom. The second-order valence-electron chi connectivity index (χ2n) is 3.97. The van der Waals surface area contributed by atoms with Gasteiger partial charge in [-0.15, -0.1) is 0 Å². The van der Waals surface area contributed by atoms with Crippen LogP contribution in [0.3, 0.4) is 0 Å². The topological polar surface area (TPSA) is 72.0 Å². The normalized spacial score (nSPS) is 21.9. The lowest BCUT2D eigenvalue weighted by molar-refractivity contribution is 0.423. The molecule has 1 aromatic heterocycles.